The summed E-state index contributed by atoms with van der Waals surface area (Å²) in [5.74, 6) is -0.231. The van der Waals surface area contributed by atoms with Gasteiger partial charge in [0.15, 0.2) is 0 Å². The van der Waals surface area contributed by atoms with Crippen LogP contribution in [0.1, 0.15) is 40.5 Å². The van der Waals surface area contributed by atoms with Crippen LogP contribution in [-0.4, -0.2) is 25.2 Å². The molecule has 0 aliphatic rings. The van der Waals surface area contributed by atoms with Crippen molar-refractivity contribution in [3.05, 3.63) is 24.8 Å². The number of carbonyl (C=O) groups excluding carboxylic acids is 2. The van der Waals surface area contributed by atoms with E-state index in [1.54, 1.807) is 6.92 Å². The van der Waals surface area contributed by atoms with Gasteiger partial charge >= 0.3 is 11.9 Å². The maximum Gasteiger partial charge on any atom is 0.333 e. The third kappa shape index (κ3) is 16.4. The molecule has 0 saturated carbocycles. The van der Waals surface area contributed by atoms with Crippen molar-refractivity contribution in [1.29, 1.82) is 0 Å². The minimum absolute atomic E-state index is 0.284. The molecule has 0 spiro atoms. The average Bonchev–Trinajstić information content (AvgIpc) is 2.36. The summed E-state index contributed by atoms with van der Waals surface area (Å²) in [4.78, 5) is 21.1. The third-order valence-electron chi connectivity index (χ3n) is 1.81. The van der Waals surface area contributed by atoms with Crippen molar-refractivity contribution >= 4 is 11.9 Å². The third-order valence-corrected chi connectivity index (χ3v) is 1.81. The van der Waals surface area contributed by atoms with Crippen LogP contribution in [0.4, 0.5) is 0 Å². The van der Waals surface area contributed by atoms with Gasteiger partial charge in [-0.1, -0.05) is 40.3 Å². The molecule has 0 aliphatic carbocycles. The quantitative estimate of drug-likeness (QED) is 0.405. The molecular formula is C15H26O4. The Kier molecular flexibility index (Phi) is 13.4. The standard InChI is InChI=1S/C8H14O2.C7H12O2/c1-4-5-6-10-8(9)7(2)3;1-4-7(8)9-5-6(2)3/h2,4-6H2,1,3H3;4,6H,1,5H2,2-3H3. The van der Waals surface area contributed by atoms with Crippen LogP contribution < -0.4 is 0 Å². The van der Waals surface area contributed by atoms with E-state index in [1.807, 2.05) is 13.8 Å². The number of carbonyl (C=O) groups is 2. The topological polar surface area (TPSA) is 52.6 Å². The van der Waals surface area contributed by atoms with Crippen LogP contribution in [0.2, 0.25) is 0 Å². The van der Waals surface area contributed by atoms with E-state index >= 15 is 0 Å². The highest BCUT2D eigenvalue weighted by molar-refractivity contribution is 5.86. The van der Waals surface area contributed by atoms with Crippen molar-refractivity contribution < 1.29 is 19.1 Å². The number of ether oxygens (including phenoxy) is 2. The fourth-order valence-corrected chi connectivity index (χ4v) is 0.740. The zero-order valence-corrected chi connectivity index (χ0v) is 12.5. The van der Waals surface area contributed by atoms with Gasteiger partial charge < -0.3 is 9.47 Å². The minimum atomic E-state index is -0.344. The van der Waals surface area contributed by atoms with E-state index < -0.39 is 0 Å². The molecule has 0 rings (SSSR count). The Morgan fingerprint density at radius 2 is 1.84 bits per heavy atom. The molecule has 0 fully saturated rings. The molecule has 110 valence electrons. The molecular weight excluding hydrogens is 244 g/mol. The van der Waals surface area contributed by atoms with E-state index in [1.165, 1.54) is 6.08 Å². The lowest BCUT2D eigenvalue weighted by Gasteiger charge is -2.02. The van der Waals surface area contributed by atoms with Gasteiger partial charge in [-0.2, -0.15) is 0 Å². The predicted molar refractivity (Wildman–Crippen MR) is 76.7 cm³/mol. The van der Waals surface area contributed by atoms with Gasteiger partial charge in [-0.05, 0) is 19.3 Å². The van der Waals surface area contributed by atoms with E-state index in [4.69, 9.17) is 9.47 Å². The van der Waals surface area contributed by atoms with Gasteiger partial charge in [0.1, 0.15) is 0 Å². The highest BCUT2D eigenvalue weighted by Crippen LogP contribution is 1.94. The summed E-state index contributed by atoms with van der Waals surface area (Å²) in [6.45, 7) is 15.4. The Hall–Kier alpha value is -1.58. The number of hydrogen-bond donors (Lipinski definition) is 0. The molecule has 4 heteroatoms. The average molecular weight is 270 g/mol. The van der Waals surface area contributed by atoms with Crippen molar-refractivity contribution in [1.82, 2.24) is 0 Å². The summed E-state index contributed by atoms with van der Waals surface area (Å²) in [7, 11) is 0. The summed E-state index contributed by atoms with van der Waals surface area (Å²) in [6, 6.07) is 0. The first-order chi connectivity index (χ1) is 8.84. The molecule has 4 nitrogen and oxygen atoms in total. The van der Waals surface area contributed by atoms with Gasteiger partial charge in [0.2, 0.25) is 0 Å². The number of hydrogen-bond acceptors (Lipinski definition) is 4. The first-order valence-electron chi connectivity index (χ1n) is 6.46. The van der Waals surface area contributed by atoms with E-state index in [2.05, 4.69) is 20.1 Å². The number of rotatable bonds is 7. The highest BCUT2D eigenvalue weighted by Gasteiger charge is 2.00. The summed E-state index contributed by atoms with van der Waals surface area (Å²) < 4.78 is 9.50. The largest absolute Gasteiger partial charge is 0.462 e. The first kappa shape index (κ1) is 19.8. The van der Waals surface area contributed by atoms with Gasteiger partial charge in [0.25, 0.3) is 0 Å². The number of esters is 2. The first-order valence-corrected chi connectivity index (χ1v) is 6.46. The van der Waals surface area contributed by atoms with Crippen molar-refractivity contribution in [2.45, 2.75) is 40.5 Å². The molecule has 0 aliphatic heterocycles. The second-order valence-corrected chi connectivity index (χ2v) is 4.50. The van der Waals surface area contributed by atoms with Crippen molar-refractivity contribution in [2.75, 3.05) is 13.2 Å². The molecule has 0 aromatic carbocycles. The van der Waals surface area contributed by atoms with Gasteiger partial charge in [0.05, 0.1) is 13.2 Å². The van der Waals surface area contributed by atoms with Gasteiger partial charge in [0, 0.05) is 11.6 Å². The van der Waals surface area contributed by atoms with E-state index in [0.29, 0.717) is 24.7 Å². The van der Waals surface area contributed by atoms with Crippen LogP contribution in [0.3, 0.4) is 0 Å². The highest BCUT2D eigenvalue weighted by atomic mass is 16.5. The Balaban J connectivity index is 0. The normalized spacial score (nSPS) is 9.11. The molecule has 0 bridgehead atoms. The smallest absolute Gasteiger partial charge is 0.333 e. The molecule has 0 aromatic rings. The zero-order chi connectivity index (χ0) is 15.3. The van der Waals surface area contributed by atoms with Gasteiger partial charge in [-0.15, -0.1) is 0 Å². The molecule has 0 N–H and O–H groups in total. The van der Waals surface area contributed by atoms with E-state index in [0.717, 1.165) is 12.8 Å². The Bertz CT molecular complexity index is 293. The summed E-state index contributed by atoms with van der Waals surface area (Å²) >= 11 is 0. The lowest BCUT2D eigenvalue weighted by atomic mass is 10.2. The predicted octanol–water partition coefficient (Wildman–Crippen LogP) is 3.28. The monoisotopic (exact) mass is 270 g/mol. The van der Waals surface area contributed by atoms with E-state index in [9.17, 15) is 9.59 Å². The molecule has 0 heterocycles. The van der Waals surface area contributed by atoms with Crippen molar-refractivity contribution in [2.24, 2.45) is 5.92 Å². The summed E-state index contributed by atoms with van der Waals surface area (Å²) in [6.07, 6.45) is 3.14. The summed E-state index contributed by atoms with van der Waals surface area (Å²) in [5.41, 5.74) is 0.469. The Morgan fingerprint density at radius 3 is 2.21 bits per heavy atom. The molecule has 19 heavy (non-hydrogen) atoms. The zero-order valence-electron chi connectivity index (χ0n) is 12.5. The summed E-state index contributed by atoms with van der Waals surface area (Å²) in [5, 5.41) is 0. The lowest BCUT2D eigenvalue weighted by molar-refractivity contribution is -0.139. The van der Waals surface area contributed by atoms with Crippen molar-refractivity contribution in [3.63, 3.8) is 0 Å². The number of unbranched alkanes of at least 4 members (excludes halogenated alkanes) is 1. The molecule has 0 aromatic heterocycles. The van der Waals surface area contributed by atoms with Crippen molar-refractivity contribution in [3.8, 4) is 0 Å². The molecule has 0 unspecified atom stereocenters. The molecule has 0 amide bonds. The molecule has 0 atom stereocenters. The Morgan fingerprint density at radius 1 is 1.26 bits per heavy atom. The van der Waals surface area contributed by atoms with Crippen LogP contribution in [0, 0.1) is 5.92 Å². The maximum atomic E-state index is 10.7. The molecule has 0 saturated heterocycles. The van der Waals surface area contributed by atoms with Crippen LogP contribution >= 0.6 is 0 Å². The Labute approximate surface area is 116 Å². The lowest BCUT2D eigenvalue weighted by Crippen LogP contribution is -2.06. The van der Waals surface area contributed by atoms with Crippen LogP contribution in [0.15, 0.2) is 24.8 Å². The minimum Gasteiger partial charge on any atom is -0.462 e. The van der Waals surface area contributed by atoms with Crippen LogP contribution in [-0.2, 0) is 19.1 Å². The SMILES string of the molecule is C=C(C)C(=O)OCCCC.C=CC(=O)OCC(C)C. The maximum absolute atomic E-state index is 10.7. The fourth-order valence-electron chi connectivity index (χ4n) is 0.740. The van der Waals surface area contributed by atoms with E-state index in [-0.39, 0.29) is 11.9 Å². The van der Waals surface area contributed by atoms with Crippen LogP contribution in [0.5, 0.6) is 0 Å². The molecule has 0 radical (unpaired) electrons. The van der Waals surface area contributed by atoms with Gasteiger partial charge in [-0.25, -0.2) is 9.59 Å². The fraction of sp³-hybridized carbons (Fsp3) is 0.600. The second-order valence-electron chi connectivity index (χ2n) is 4.50. The van der Waals surface area contributed by atoms with Crippen LogP contribution in [0.25, 0.3) is 0 Å². The second kappa shape index (κ2) is 12.9. The van der Waals surface area contributed by atoms with Gasteiger partial charge in [-0.3, -0.25) is 0 Å².